The number of hydrogen-bond donors (Lipinski definition) is 1. The van der Waals surface area contributed by atoms with Gasteiger partial charge in [0.25, 0.3) is 16.6 Å². The summed E-state index contributed by atoms with van der Waals surface area (Å²) in [6.45, 7) is 15.3. The van der Waals surface area contributed by atoms with Crippen LogP contribution in [0.5, 0.6) is 0 Å². The number of benzene rings is 4. The van der Waals surface area contributed by atoms with Gasteiger partial charge in [-0.15, -0.1) is 0 Å². The normalized spacial score (nSPS) is 19.0. The lowest BCUT2D eigenvalue weighted by Gasteiger charge is -2.49. The fraction of sp³-hybridized carbons (Fsp3) is 0.341. The summed E-state index contributed by atoms with van der Waals surface area (Å²) in [5.41, 5.74) is 0.466. The summed E-state index contributed by atoms with van der Waals surface area (Å²) >= 11 is 0. The van der Waals surface area contributed by atoms with Crippen molar-refractivity contribution in [3.8, 4) is 0 Å². The Bertz CT molecular complexity index is 1580. The molecule has 5 nitrogen and oxygen atoms in total. The molecule has 0 heterocycles. The molecule has 7 heteroatoms. The minimum atomic E-state index is -3.12. The molecule has 0 saturated heterocycles. The van der Waals surface area contributed by atoms with Crippen molar-refractivity contribution in [2.45, 2.75) is 83.3 Å². The molecule has 0 spiro atoms. The van der Waals surface area contributed by atoms with Crippen LogP contribution in [0.4, 0.5) is 0 Å². The summed E-state index contributed by atoms with van der Waals surface area (Å²) in [7, 11) is -6.21. The number of aliphatic hydroxyl groups is 1. The fourth-order valence-corrected chi connectivity index (χ4v) is 16.6. The predicted octanol–water partition coefficient (Wildman–Crippen LogP) is 6.13. The van der Waals surface area contributed by atoms with Gasteiger partial charge in [-0.25, -0.2) is 4.79 Å². The number of carbonyl (C=O) groups is 1. The van der Waals surface area contributed by atoms with Crippen LogP contribution >= 0.6 is 0 Å². The zero-order valence-electron chi connectivity index (χ0n) is 29.4. The van der Waals surface area contributed by atoms with Gasteiger partial charge in [-0.1, -0.05) is 163 Å². The van der Waals surface area contributed by atoms with Gasteiger partial charge in [0.15, 0.2) is 0 Å². The van der Waals surface area contributed by atoms with E-state index in [9.17, 15) is 9.90 Å². The first-order valence-electron chi connectivity index (χ1n) is 17.0. The summed E-state index contributed by atoms with van der Waals surface area (Å²) in [5, 5.41) is 16.2. The van der Waals surface area contributed by atoms with Gasteiger partial charge in [-0.05, 0) is 43.8 Å². The molecular weight excluding hydrogens is 629 g/mol. The second-order valence-corrected chi connectivity index (χ2v) is 23.2. The third-order valence-corrected chi connectivity index (χ3v) is 19.6. The maximum Gasteiger partial charge on any atom is 0.333 e. The highest BCUT2D eigenvalue weighted by Crippen LogP contribution is 2.42. The van der Waals surface area contributed by atoms with Crippen molar-refractivity contribution in [3.05, 3.63) is 133 Å². The second kappa shape index (κ2) is 14.5. The van der Waals surface area contributed by atoms with E-state index in [-0.39, 0.29) is 23.1 Å². The minimum absolute atomic E-state index is 0.213. The summed E-state index contributed by atoms with van der Waals surface area (Å²) in [6, 6.07) is 41.5. The first-order chi connectivity index (χ1) is 22.8. The van der Waals surface area contributed by atoms with Gasteiger partial charge in [0.05, 0.1) is 18.8 Å². The predicted molar refractivity (Wildman–Crippen MR) is 200 cm³/mol. The topological polar surface area (TPSA) is 65.0 Å². The molecule has 0 bridgehead atoms. The van der Waals surface area contributed by atoms with Crippen LogP contribution in [0, 0.1) is 0 Å². The van der Waals surface area contributed by atoms with Crippen LogP contribution in [0.2, 0.25) is 10.1 Å². The van der Waals surface area contributed by atoms with Crippen LogP contribution in [0.25, 0.3) is 0 Å². The van der Waals surface area contributed by atoms with Crippen molar-refractivity contribution < 1.29 is 23.5 Å². The zero-order valence-corrected chi connectivity index (χ0v) is 31.4. The molecule has 252 valence electrons. The molecular formula is C41H50O5Si2. The largest absolute Gasteiger partial charge is 0.463 e. The molecule has 3 atom stereocenters. The molecule has 48 heavy (non-hydrogen) atoms. The number of esters is 1. The summed E-state index contributed by atoms with van der Waals surface area (Å²) in [6.07, 6.45) is -0.596. The van der Waals surface area contributed by atoms with E-state index >= 15 is 0 Å². The third-order valence-electron chi connectivity index (χ3n) is 9.52. The maximum absolute atomic E-state index is 13.5. The second-order valence-electron chi connectivity index (χ2n) is 14.7. The van der Waals surface area contributed by atoms with Gasteiger partial charge >= 0.3 is 5.97 Å². The van der Waals surface area contributed by atoms with Gasteiger partial charge in [0, 0.05) is 12.0 Å². The lowest BCUT2D eigenvalue weighted by atomic mass is 9.92. The molecule has 0 amide bonds. The van der Waals surface area contributed by atoms with E-state index in [4.69, 9.17) is 13.6 Å². The molecule has 5 rings (SSSR count). The summed E-state index contributed by atoms with van der Waals surface area (Å²) in [5.74, 6) is -0.406. The van der Waals surface area contributed by atoms with E-state index in [0.29, 0.717) is 5.57 Å². The SMILES string of the molecule is CCOC(=O)C1=C[C@@H](O[Si](c2ccccc2)(c2ccccc2)C(C)(C)C)[C@@H](O)[C@@H](O[Si](c2ccccc2)(c2ccccc2)C(C)(C)C)C1. The van der Waals surface area contributed by atoms with Gasteiger partial charge in [0.2, 0.25) is 0 Å². The lowest BCUT2D eigenvalue weighted by molar-refractivity contribution is -0.139. The first-order valence-corrected chi connectivity index (χ1v) is 20.8. The average molecular weight is 679 g/mol. The molecule has 4 aromatic rings. The van der Waals surface area contributed by atoms with Crippen molar-refractivity contribution in [3.63, 3.8) is 0 Å². The van der Waals surface area contributed by atoms with E-state index in [0.717, 1.165) is 20.7 Å². The van der Waals surface area contributed by atoms with E-state index < -0.39 is 40.9 Å². The van der Waals surface area contributed by atoms with Crippen LogP contribution in [-0.2, 0) is 18.4 Å². The Morgan fingerprint density at radius 1 is 0.646 bits per heavy atom. The van der Waals surface area contributed by atoms with Crippen molar-refractivity contribution in [2.75, 3.05) is 6.61 Å². The molecule has 0 fully saturated rings. The Labute approximate surface area is 288 Å². The molecule has 1 aliphatic rings. The Balaban J connectivity index is 1.69. The summed E-state index contributed by atoms with van der Waals surface area (Å²) < 4.78 is 20.5. The smallest absolute Gasteiger partial charge is 0.333 e. The van der Waals surface area contributed by atoms with Crippen molar-refractivity contribution in [1.82, 2.24) is 0 Å². The molecule has 1 N–H and O–H groups in total. The van der Waals surface area contributed by atoms with Crippen LogP contribution in [-0.4, -0.2) is 52.6 Å². The standard InChI is InChI=1S/C41H50O5Si2/c1-8-44-39(43)31-29-36(45-47(40(2,3)4,32-21-13-9-14-22-32)33-23-15-10-16-24-33)38(42)37(30-31)46-48(41(5,6)7,34-25-17-11-18-26-34)35-27-19-12-20-28-35/h9-29,36-38,42H,8,30H2,1-7H3/t36-,37+,38-/m1/s1. The van der Waals surface area contributed by atoms with Crippen LogP contribution in [0.3, 0.4) is 0 Å². The Hall–Kier alpha value is -3.60. The van der Waals surface area contributed by atoms with Gasteiger partial charge in [0.1, 0.15) is 6.10 Å². The lowest BCUT2D eigenvalue weighted by Crippen LogP contribution is -2.71. The molecule has 0 unspecified atom stereocenters. The average Bonchev–Trinajstić information content (AvgIpc) is 3.08. The molecule has 0 saturated carbocycles. The number of hydrogen-bond acceptors (Lipinski definition) is 5. The first kappa shape index (κ1) is 35.7. The van der Waals surface area contributed by atoms with Gasteiger partial charge in [-0.2, -0.15) is 0 Å². The highest BCUT2D eigenvalue weighted by molar-refractivity contribution is 7.00. The molecule has 0 aromatic heterocycles. The van der Waals surface area contributed by atoms with Crippen LogP contribution in [0.15, 0.2) is 133 Å². The zero-order chi connectivity index (χ0) is 34.6. The van der Waals surface area contributed by atoms with Gasteiger partial charge < -0.3 is 18.7 Å². The van der Waals surface area contributed by atoms with Crippen molar-refractivity contribution >= 4 is 43.4 Å². The van der Waals surface area contributed by atoms with E-state index in [1.807, 2.05) is 79.7 Å². The number of ether oxygens (including phenoxy) is 1. The van der Waals surface area contributed by atoms with Crippen molar-refractivity contribution in [2.24, 2.45) is 0 Å². The highest BCUT2D eigenvalue weighted by atomic mass is 28.4. The number of rotatable bonds is 10. The van der Waals surface area contributed by atoms with Crippen molar-refractivity contribution in [1.29, 1.82) is 0 Å². The Morgan fingerprint density at radius 3 is 1.33 bits per heavy atom. The highest BCUT2D eigenvalue weighted by Gasteiger charge is 2.56. The van der Waals surface area contributed by atoms with E-state index in [1.165, 1.54) is 0 Å². The van der Waals surface area contributed by atoms with E-state index in [1.54, 1.807) is 6.08 Å². The quantitative estimate of drug-likeness (QED) is 0.162. The third kappa shape index (κ3) is 6.80. The molecule has 0 radical (unpaired) electrons. The minimum Gasteiger partial charge on any atom is -0.463 e. The molecule has 1 aliphatic carbocycles. The Kier molecular flexibility index (Phi) is 10.8. The number of aliphatic hydroxyl groups excluding tert-OH is 1. The van der Waals surface area contributed by atoms with Gasteiger partial charge in [-0.3, -0.25) is 0 Å². The Morgan fingerprint density at radius 2 is 1.00 bits per heavy atom. The maximum atomic E-state index is 13.5. The molecule has 4 aromatic carbocycles. The molecule has 0 aliphatic heterocycles. The monoisotopic (exact) mass is 678 g/mol. The van der Waals surface area contributed by atoms with Crippen LogP contribution in [0.1, 0.15) is 54.9 Å². The number of carbonyl (C=O) groups excluding carboxylic acids is 1. The van der Waals surface area contributed by atoms with Crippen LogP contribution < -0.4 is 20.7 Å². The fourth-order valence-electron chi connectivity index (χ4n) is 7.32. The summed E-state index contributed by atoms with van der Waals surface area (Å²) in [4.78, 5) is 13.5. The van der Waals surface area contributed by atoms with E-state index in [2.05, 4.69) is 90.1 Å².